The van der Waals surface area contributed by atoms with Gasteiger partial charge in [0.2, 0.25) is 0 Å². The molecule has 1 atom stereocenters. The van der Waals surface area contributed by atoms with Crippen LogP contribution in [-0.2, 0) is 9.59 Å². The van der Waals surface area contributed by atoms with E-state index in [1.54, 1.807) is 32.9 Å². The third-order valence-corrected chi connectivity index (χ3v) is 2.81. The Hall–Kier alpha value is -1.33. The van der Waals surface area contributed by atoms with Crippen LogP contribution in [-0.4, -0.2) is 48.7 Å². The summed E-state index contributed by atoms with van der Waals surface area (Å²) in [6, 6.07) is 0.183. The molecule has 0 fully saturated rings. The monoisotopic (exact) mass is 307 g/mol. The van der Waals surface area contributed by atoms with E-state index in [-0.39, 0.29) is 18.4 Å². The van der Waals surface area contributed by atoms with Gasteiger partial charge in [-0.3, -0.25) is 0 Å². The van der Waals surface area contributed by atoms with E-state index in [0.29, 0.717) is 15.6 Å². The fourth-order valence-corrected chi connectivity index (χ4v) is 0.777. The van der Waals surface area contributed by atoms with Crippen LogP contribution >= 0.6 is 12.4 Å². The predicted molar refractivity (Wildman–Crippen MR) is 80.6 cm³/mol. The van der Waals surface area contributed by atoms with Crippen molar-refractivity contribution in [2.45, 2.75) is 33.7 Å². The fraction of sp³-hybridized carbons (Fsp3) is 0.571. The first-order valence-electron chi connectivity index (χ1n) is 6.00. The number of nitrogens with zero attached hydrogens (tertiary/aromatic N) is 1. The van der Waals surface area contributed by atoms with Crippen LogP contribution in [0.4, 0.5) is 0 Å². The third kappa shape index (κ3) is 11.7. The van der Waals surface area contributed by atoms with Gasteiger partial charge in [-0.25, -0.2) is 4.79 Å². The van der Waals surface area contributed by atoms with Gasteiger partial charge in [-0.05, 0) is 39.3 Å². The van der Waals surface area contributed by atoms with Crippen molar-refractivity contribution in [3.63, 3.8) is 0 Å². The first-order valence-corrected chi connectivity index (χ1v) is 6.00. The van der Waals surface area contributed by atoms with Crippen molar-refractivity contribution >= 4 is 24.3 Å². The molecule has 5 nitrogen and oxygen atoms in total. The molecule has 0 aromatic carbocycles. The van der Waals surface area contributed by atoms with Crippen LogP contribution < -0.4 is 5.11 Å². The first kappa shape index (κ1) is 23.7. The molecule has 0 amide bonds. The first-order chi connectivity index (χ1) is 8.43. The molecule has 0 rings (SSSR count). The van der Waals surface area contributed by atoms with Crippen molar-refractivity contribution in [1.82, 2.24) is 0 Å². The van der Waals surface area contributed by atoms with Crippen molar-refractivity contribution in [3.8, 4) is 0 Å². The summed E-state index contributed by atoms with van der Waals surface area (Å²) in [7, 11) is 6.05. The summed E-state index contributed by atoms with van der Waals surface area (Å²) >= 11 is 0. The highest BCUT2D eigenvalue weighted by Gasteiger charge is 2.15. The van der Waals surface area contributed by atoms with Crippen LogP contribution in [0.3, 0.4) is 0 Å². The SMILES string of the molecule is CC(=CC(C)[N+](C)(C)C)C(=O)[O-].CC=C(C)C(=O)O.Cl. The predicted octanol–water partition coefficient (Wildman–Crippen LogP) is 1.24. The molecule has 0 saturated heterocycles. The molecule has 1 N–H and O–H groups in total. The van der Waals surface area contributed by atoms with E-state index >= 15 is 0 Å². The molecule has 6 heteroatoms. The molecule has 0 heterocycles. The molecule has 0 spiro atoms. The van der Waals surface area contributed by atoms with Crippen LogP contribution in [0.25, 0.3) is 0 Å². The zero-order chi connectivity index (χ0) is 15.8. The Morgan fingerprint density at radius 1 is 1.15 bits per heavy atom. The number of carbonyl (C=O) groups is 2. The number of carboxylic acids is 2. The average molecular weight is 308 g/mol. The van der Waals surface area contributed by atoms with Gasteiger partial charge in [-0.2, -0.15) is 0 Å². The lowest BCUT2D eigenvalue weighted by Crippen LogP contribution is -2.42. The van der Waals surface area contributed by atoms with Gasteiger partial charge in [0, 0.05) is 5.57 Å². The fourth-order valence-electron chi connectivity index (χ4n) is 0.777. The van der Waals surface area contributed by atoms with Crippen molar-refractivity contribution in [3.05, 3.63) is 23.3 Å². The molecular weight excluding hydrogens is 282 g/mol. The maximum Gasteiger partial charge on any atom is 0.330 e. The molecule has 0 aromatic heterocycles. The van der Waals surface area contributed by atoms with Gasteiger partial charge in [-0.1, -0.05) is 6.08 Å². The number of quaternary nitrogens is 1. The molecule has 0 aliphatic rings. The lowest BCUT2D eigenvalue weighted by molar-refractivity contribution is -0.887. The number of likely N-dealkylation sites (N-methyl/N-ethyl adjacent to an activating group) is 1. The van der Waals surface area contributed by atoms with Crippen molar-refractivity contribution in [2.24, 2.45) is 0 Å². The van der Waals surface area contributed by atoms with Gasteiger partial charge >= 0.3 is 5.97 Å². The topological polar surface area (TPSA) is 77.4 Å². The van der Waals surface area contributed by atoms with E-state index in [0.717, 1.165) is 0 Å². The summed E-state index contributed by atoms with van der Waals surface area (Å²) in [6.45, 7) is 6.79. The Balaban J connectivity index is -0.000000312. The second-order valence-corrected chi connectivity index (χ2v) is 5.27. The Morgan fingerprint density at radius 2 is 1.55 bits per heavy atom. The molecular formula is C14H26ClNO4. The van der Waals surface area contributed by atoms with Crippen LogP contribution in [0.2, 0.25) is 0 Å². The maximum atomic E-state index is 10.4. The lowest BCUT2D eigenvalue weighted by Gasteiger charge is -2.30. The Kier molecular flexibility index (Phi) is 12.4. The highest BCUT2D eigenvalue weighted by Crippen LogP contribution is 2.06. The van der Waals surface area contributed by atoms with Gasteiger partial charge in [0.25, 0.3) is 0 Å². The molecule has 0 saturated carbocycles. The zero-order valence-electron chi connectivity index (χ0n) is 13.3. The number of carbonyl (C=O) groups excluding carboxylic acids is 1. The van der Waals surface area contributed by atoms with E-state index in [9.17, 15) is 14.7 Å². The quantitative estimate of drug-likeness (QED) is 0.626. The van der Waals surface area contributed by atoms with Gasteiger partial charge in [0.05, 0.1) is 27.1 Å². The molecule has 1 unspecified atom stereocenters. The second kappa shape index (κ2) is 10.5. The normalized spacial score (nSPS) is 13.6. The van der Waals surface area contributed by atoms with E-state index in [2.05, 4.69) is 0 Å². The number of allylic oxidation sites excluding steroid dienone is 1. The molecule has 0 bridgehead atoms. The van der Waals surface area contributed by atoms with Gasteiger partial charge < -0.3 is 19.5 Å². The van der Waals surface area contributed by atoms with E-state index < -0.39 is 11.9 Å². The average Bonchev–Trinajstić information content (AvgIpc) is 2.26. The van der Waals surface area contributed by atoms with Crippen molar-refractivity contribution in [1.29, 1.82) is 0 Å². The number of hydrogen-bond donors (Lipinski definition) is 1. The van der Waals surface area contributed by atoms with Gasteiger partial charge in [-0.15, -0.1) is 12.4 Å². The van der Waals surface area contributed by atoms with E-state index in [1.807, 2.05) is 28.1 Å². The van der Waals surface area contributed by atoms with E-state index in [1.165, 1.54) is 0 Å². The summed E-state index contributed by atoms with van der Waals surface area (Å²) in [4.78, 5) is 20.2. The van der Waals surface area contributed by atoms with E-state index in [4.69, 9.17) is 5.11 Å². The van der Waals surface area contributed by atoms with Crippen LogP contribution in [0.15, 0.2) is 23.3 Å². The maximum absolute atomic E-state index is 10.4. The number of hydrogen-bond acceptors (Lipinski definition) is 3. The highest BCUT2D eigenvalue weighted by molar-refractivity contribution is 5.85. The Bertz CT molecular complexity index is 381. The lowest BCUT2D eigenvalue weighted by atomic mass is 10.2. The smallest absolute Gasteiger partial charge is 0.330 e. The van der Waals surface area contributed by atoms with Crippen LogP contribution in [0.1, 0.15) is 27.7 Å². The summed E-state index contributed by atoms with van der Waals surface area (Å²) in [6.07, 6.45) is 3.28. The zero-order valence-corrected chi connectivity index (χ0v) is 14.1. The van der Waals surface area contributed by atoms with Crippen LogP contribution in [0, 0.1) is 0 Å². The largest absolute Gasteiger partial charge is 0.545 e. The second-order valence-electron chi connectivity index (χ2n) is 5.27. The molecule has 20 heavy (non-hydrogen) atoms. The summed E-state index contributed by atoms with van der Waals surface area (Å²) in [5, 5.41) is 18.5. The van der Waals surface area contributed by atoms with Gasteiger partial charge in [0.1, 0.15) is 6.04 Å². The number of halogens is 1. The van der Waals surface area contributed by atoms with Crippen molar-refractivity contribution < 1.29 is 24.3 Å². The Morgan fingerprint density at radius 3 is 1.70 bits per heavy atom. The van der Waals surface area contributed by atoms with Crippen molar-refractivity contribution in [2.75, 3.05) is 21.1 Å². The molecule has 0 aromatic rings. The Labute approximate surface area is 127 Å². The van der Waals surface area contributed by atoms with Gasteiger partial charge in [0.15, 0.2) is 0 Å². The summed E-state index contributed by atoms with van der Waals surface area (Å²) in [5.41, 5.74) is 0.690. The van der Waals surface area contributed by atoms with Crippen LogP contribution in [0.5, 0.6) is 0 Å². The minimum absolute atomic E-state index is 0. The number of rotatable bonds is 4. The summed E-state index contributed by atoms with van der Waals surface area (Å²) in [5.74, 6) is -1.93. The standard InChI is InChI=1S/C9H17NO2.C5H8O2.ClH/c1-7(9(11)12)6-8(2)10(3,4)5;1-3-4(2)5(6)7;/h6,8H,1-5H3;3H,1-2H3,(H,6,7);1H. The summed E-state index contributed by atoms with van der Waals surface area (Å²) < 4.78 is 0.713. The number of carboxylic acid groups (broad SMARTS) is 2. The molecule has 0 aliphatic heterocycles. The highest BCUT2D eigenvalue weighted by atomic mass is 35.5. The third-order valence-electron chi connectivity index (χ3n) is 2.81. The molecule has 0 radical (unpaired) electrons. The molecule has 0 aliphatic carbocycles. The molecule has 118 valence electrons. The minimum Gasteiger partial charge on any atom is -0.545 e. The minimum atomic E-state index is -1.09. The number of aliphatic carboxylic acids is 2.